The average Bonchev–Trinajstić information content (AvgIpc) is 3.36. The molecule has 2 saturated carbocycles. The van der Waals surface area contributed by atoms with Crippen LogP contribution in [0.4, 0.5) is 0 Å². The highest BCUT2D eigenvalue weighted by Crippen LogP contribution is 2.45. The summed E-state index contributed by atoms with van der Waals surface area (Å²) in [5, 5.41) is 12.8. The molecule has 2 aliphatic rings. The molecule has 20 heavy (non-hydrogen) atoms. The van der Waals surface area contributed by atoms with Gasteiger partial charge in [0, 0.05) is 18.0 Å². The maximum absolute atomic E-state index is 5.23. The Labute approximate surface area is 122 Å². The Morgan fingerprint density at radius 2 is 2.10 bits per heavy atom. The highest BCUT2D eigenvalue weighted by molar-refractivity contribution is 7.97. The summed E-state index contributed by atoms with van der Waals surface area (Å²) in [6, 6.07) is 2.66. The fourth-order valence-corrected chi connectivity index (χ4v) is 3.33. The summed E-state index contributed by atoms with van der Waals surface area (Å²) in [6.45, 7) is 1.95. The topological polar surface area (TPSA) is 56.7 Å². The van der Waals surface area contributed by atoms with Crippen LogP contribution in [-0.2, 0) is 11.5 Å². The van der Waals surface area contributed by atoms with Crippen molar-refractivity contribution < 1.29 is 4.52 Å². The zero-order valence-electron chi connectivity index (χ0n) is 11.6. The first-order valence-corrected chi connectivity index (χ1v) is 8.40. The lowest BCUT2D eigenvalue weighted by Gasteiger charge is -2.07. The van der Waals surface area contributed by atoms with Crippen molar-refractivity contribution in [3.63, 3.8) is 0 Å². The largest absolute Gasteiger partial charge is 0.360 e. The van der Waals surface area contributed by atoms with Crippen molar-refractivity contribution in [2.75, 3.05) is 0 Å². The van der Waals surface area contributed by atoms with Gasteiger partial charge in [-0.05, 0) is 32.6 Å². The Morgan fingerprint density at radius 3 is 2.75 bits per heavy atom. The molecule has 0 N–H and O–H groups in total. The van der Waals surface area contributed by atoms with Gasteiger partial charge in [-0.2, -0.15) is 0 Å². The fraction of sp³-hybridized carbons (Fsp3) is 0.643. The van der Waals surface area contributed by atoms with Gasteiger partial charge >= 0.3 is 0 Å². The number of hydrogen-bond donors (Lipinski definition) is 0. The molecule has 0 spiro atoms. The van der Waals surface area contributed by atoms with Crippen molar-refractivity contribution in [1.29, 1.82) is 0 Å². The molecule has 4 rings (SSSR count). The van der Waals surface area contributed by atoms with Crippen LogP contribution in [-0.4, -0.2) is 19.9 Å². The monoisotopic (exact) mass is 290 g/mol. The molecule has 2 aromatic rings. The molecule has 0 saturated heterocycles. The molecular weight excluding hydrogens is 272 g/mol. The van der Waals surface area contributed by atoms with Crippen molar-refractivity contribution in [1.82, 2.24) is 19.9 Å². The van der Waals surface area contributed by atoms with Crippen molar-refractivity contribution >= 4 is 11.8 Å². The zero-order valence-corrected chi connectivity index (χ0v) is 12.4. The Kier molecular flexibility index (Phi) is 3.06. The van der Waals surface area contributed by atoms with E-state index in [0.717, 1.165) is 28.8 Å². The van der Waals surface area contributed by atoms with E-state index in [9.17, 15) is 0 Å². The molecule has 2 heterocycles. The van der Waals surface area contributed by atoms with Crippen molar-refractivity contribution in [3.8, 4) is 0 Å². The second-order valence-corrected chi connectivity index (χ2v) is 6.76. The van der Waals surface area contributed by atoms with E-state index in [1.807, 2.05) is 24.8 Å². The molecule has 0 amide bonds. The maximum Gasteiger partial charge on any atom is 0.146 e. The molecular formula is C14H18N4OS. The van der Waals surface area contributed by atoms with Crippen LogP contribution in [0.1, 0.15) is 60.7 Å². The first kappa shape index (κ1) is 12.4. The summed E-state index contributed by atoms with van der Waals surface area (Å²) < 4.78 is 7.65. The number of nitrogens with zero attached hydrogens (tertiary/aromatic N) is 4. The predicted octanol–water partition coefficient (Wildman–Crippen LogP) is 3.22. The van der Waals surface area contributed by atoms with Gasteiger partial charge in [0.05, 0.1) is 17.2 Å². The quantitative estimate of drug-likeness (QED) is 0.817. The van der Waals surface area contributed by atoms with Gasteiger partial charge in [0.25, 0.3) is 0 Å². The van der Waals surface area contributed by atoms with E-state index in [2.05, 4.69) is 19.9 Å². The highest BCUT2D eigenvalue weighted by atomic mass is 32.2. The molecule has 0 bridgehead atoms. The number of thioether (sulfide) groups is 1. The first-order chi connectivity index (χ1) is 9.81. The molecule has 5 nitrogen and oxygen atoms in total. The molecule has 0 radical (unpaired) electrons. The number of aryl methyl sites for hydroxylation is 1. The van der Waals surface area contributed by atoms with Crippen LogP contribution in [0.15, 0.2) is 10.6 Å². The van der Waals surface area contributed by atoms with Gasteiger partial charge in [0.1, 0.15) is 17.4 Å². The minimum atomic E-state index is 0.670. The van der Waals surface area contributed by atoms with Gasteiger partial charge in [-0.15, -0.1) is 22.0 Å². The van der Waals surface area contributed by atoms with Crippen LogP contribution in [0.3, 0.4) is 0 Å². The van der Waals surface area contributed by atoms with Crippen LogP contribution in [0.25, 0.3) is 0 Å². The highest BCUT2D eigenvalue weighted by Gasteiger charge is 2.36. The molecule has 0 aliphatic heterocycles. The van der Waals surface area contributed by atoms with Crippen LogP contribution in [0.5, 0.6) is 0 Å². The van der Waals surface area contributed by atoms with Crippen LogP contribution in [0.2, 0.25) is 0 Å². The van der Waals surface area contributed by atoms with Crippen LogP contribution in [0, 0.1) is 6.92 Å². The van der Waals surface area contributed by atoms with E-state index in [1.165, 1.54) is 31.5 Å². The maximum atomic E-state index is 5.23. The van der Waals surface area contributed by atoms with Crippen LogP contribution >= 0.6 is 11.8 Å². The van der Waals surface area contributed by atoms with E-state index < -0.39 is 0 Å². The Hall–Kier alpha value is -1.30. The van der Waals surface area contributed by atoms with Gasteiger partial charge in [-0.3, -0.25) is 0 Å². The normalized spacial score (nSPS) is 18.6. The van der Waals surface area contributed by atoms with E-state index in [-0.39, 0.29) is 0 Å². The molecule has 6 heteroatoms. The number of hydrogen-bond acceptors (Lipinski definition) is 5. The summed E-state index contributed by atoms with van der Waals surface area (Å²) in [7, 11) is 0. The van der Waals surface area contributed by atoms with Crippen LogP contribution < -0.4 is 0 Å². The van der Waals surface area contributed by atoms with Gasteiger partial charge in [0.15, 0.2) is 0 Å². The van der Waals surface area contributed by atoms with Gasteiger partial charge in [-0.25, -0.2) is 0 Å². The first-order valence-electron chi connectivity index (χ1n) is 7.25. The zero-order chi connectivity index (χ0) is 13.5. The molecule has 0 unspecified atom stereocenters. The minimum absolute atomic E-state index is 0.670. The van der Waals surface area contributed by atoms with E-state index in [0.29, 0.717) is 12.0 Å². The summed E-state index contributed by atoms with van der Waals surface area (Å²) in [6.07, 6.45) is 5.15. The molecule has 0 atom stereocenters. The van der Waals surface area contributed by atoms with Gasteiger partial charge in [0.2, 0.25) is 0 Å². The second kappa shape index (κ2) is 4.91. The summed E-state index contributed by atoms with van der Waals surface area (Å²) in [5.74, 6) is 5.73. The Bertz CT molecular complexity index is 612. The Balaban J connectivity index is 1.43. The number of rotatable bonds is 6. The van der Waals surface area contributed by atoms with Crippen molar-refractivity contribution in [2.24, 2.45) is 0 Å². The van der Waals surface area contributed by atoms with E-state index in [4.69, 9.17) is 4.52 Å². The summed E-state index contributed by atoms with van der Waals surface area (Å²) in [5.41, 5.74) is 0.942. The average molecular weight is 290 g/mol. The standard InChI is InChI=1S/C14H18N4OS/c1-9-6-12(19-17-9)7-20-8-13-15-16-14(10-2-3-10)18(13)11-4-5-11/h6,10-11H,2-5,7-8H2,1H3. The third-order valence-corrected chi connectivity index (χ3v) is 4.75. The third-order valence-electron chi connectivity index (χ3n) is 3.80. The molecule has 2 aliphatic carbocycles. The van der Waals surface area contributed by atoms with E-state index in [1.54, 1.807) is 0 Å². The molecule has 2 aromatic heterocycles. The third kappa shape index (κ3) is 2.49. The lowest BCUT2D eigenvalue weighted by Crippen LogP contribution is -2.04. The van der Waals surface area contributed by atoms with Gasteiger partial charge < -0.3 is 9.09 Å². The predicted molar refractivity (Wildman–Crippen MR) is 76.5 cm³/mol. The van der Waals surface area contributed by atoms with E-state index >= 15 is 0 Å². The number of aromatic nitrogens is 4. The summed E-state index contributed by atoms with van der Waals surface area (Å²) in [4.78, 5) is 0. The lowest BCUT2D eigenvalue weighted by atomic mass is 10.4. The van der Waals surface area contributed by atoms with Crippen molar-refractivity contribution in [3.05, 3.63) is 29.2 Å². The molecule has 106 valence electrons. The second-order valence-electron chi connectivity index (χ2n) is 5.78. The molecule has 0 aromatic carbocycles. The van der Waals surface area contributed by atoms with Crippen molar-refractivity contribution in [2.45, 2.75) is 56.1 Å². The SMILES string of the molecule is Cc1cc(CSCc2nnc(C3CC3)n2C2CC2)on1. The lowest BCUT2D eigenvalue weighted by molar-refractivity contribution is 0.391. The smallest absolute Gasteiger partial charge is 0.146 e. The minimum Gasteiger partial charge on any atom is -0.360 e. The fourth-order valence-electron chi connectivity index (χ4n) is 2.51. The summed E-state index contributed by atoms with van der Waals surface area (Å²) >= 11 is 1.82. The Morgan fingerprint density at radius 1 is 1.25 bits per heavy atom. The van der Waals surface area contributed by atoms with Gasteiger partial charge in [-0.1, -0.05) is 5.16 Å². The molecule has 2 fully saturated rings.